The van der Waals surface area contributed by atoms with Crippen molar-refractivity contribution in [2.45, 2.75) is 37.6 Å². The van der Waals surface area contributed by atoms with Crippen LogP contribution in [0.4, 0.5) is 5.69 Å². The van der Waals surface area contributed by atoms with Crippen molar-refractivity contribution in [2.24, 2.45) is 7.05 Å². The van der Waals surface area contributed by atoms with E-state index in [9.17, 15) is 13.2 Å². The molecule has 1 fully saturated rings. The monoisotopic (exact) mass is 441 g/mol. The molecule has 0 unspecified atom stereocenters. The summed E-state index contributed by atoms with van der Waals surface area (Å²) in [5.74, 6) is 0.595. The van der Waals surface area contributed by atoms with E-state index in [4.69, 9.17) is 0 Å². The molecule has 0 spiro atoms. The topological polar surface area (TPSA) is 89.2 Å². The number of hydrogen-bond acceptors (Lipinski definition) is 4. The number of hydrogen-bond donors (Lipinski definition) is 1. The van der Waals surface area contributed by atoms with E-state index in [1.54, 1.807) is 17.8 Å². The number of anilines is 1. The summed E-state index contributed by atoms with van der Waals surface area (Å²) >= 11 is 0. The molecule has 1 saturated heterocycles. The zero-order valence-electron chi connectivity index (χ0n) is 17.8. The molecule has 164 valence electrons. The van der Waals surface area contributed by atoms with Crippen LogP contribution in [-0.4, -0.2) is 45.8 Å². The Labute approximate surface area is 182 Å². The second-order valence-electron chi connectivity index (χ2n) is 7.89. The van der Waals surface area contributed by atoms with Crippen LogP contribution in [0.25, 0.3) is 0 Å². The Balaban J connectivity index is 1.46. The van der Waals surface area contributed by atoms with Gasteiger partial charge in [-0.05, 0) is 43.5 Å². The number of sulfonamides is 1. The summed E-state index contributed by atoms with van der Waals surface area (Å²) in [4.78, 5) is 17.2. The molecule has 1 aromatic carbocycles. The van der Waals surface area contributed by atoms with Crippen LogP contribution in [0.15, 0.2) is 53.8 Å². The van der Waals surface area contributed by atoms with Gasteiger partial charge in [-0.3, -0.25) is 4.79 Å². The molecule has 0 radical (unpaired) electrons. The number of aromatic nitrogens is 3. The molecular weight excluding hydrogens is 414 g/mol. The lowest BCUT2D eigenvalue weighted by Gasteiger charge is -2.25. The molecule has 1 aliphatic rings. The van der Waals surface area contributed by atoms with E-state index in [1.165, 1.54) is 16.6 Å². The molecule has 0 bridgehead atoms. The number of piperidine rings is 1. The number of nitrogens with one attached hydrogen (secondary N) is 1. The van der Waals surface area contributed by atoms with Crippen LogP contribution < -0.4 is 5.32 Å². The largest absolute Gasteiger partial charge is 0.345 e. The zero-order valence-corrected chi connectivity index (χ0v) is 18.6. The number of amides is 1. The maximum Gasteiger partial charge on any atom is 0.272 e. The molecule has 8 nitrogen and oxygen atoms in total. The Kier molecular flexibility index (Phi) is 5.97. The predicted molar refractivity (Wildman–Crippen MR) is 118 cm³/mol. The fourth-order valence-electron chi connectivity index (χ4n) is 3.81. The Hall–Kier alpha value is -2.91. The average Bonchev–Trinajstić information content (AvgIpc) is 3.36. The standard InChI is InChI=1S/C22H27N5O3S/c1-17-23-10-13-26(17)15-18-6-8-19(9-7-18)24-22(28)21-14-20(16-25(21)2)31(29,30)27-11-4-3-5-12-27/h6-10,13-14,16H,3-5,11-12,15H2,1-2H3,(H,24,28). The smallest absolute Gasteiger partial charge is 0.272 e. The first kappa shape index (κ1) is 21.3. The zero-order chi connectivity index (χ0) is 22.0. The van der Waals surface area contributed by atoms with E-state index in [1.807, 2.05) is 42.0 Å². The quantitative estimate of drug-likeness (QED) is 0.637. The van der Waals surface area contributed by atoms with Gasteiger partial charge < -0.3 is 14.5 Å². The van der Waals surface area contributed by atoms with Crippen molar-refractivity contribution in [3.05, 3.63) is 66.0 Å². The number of benzene rings is 1. The highest BCUT2D eigenvalue weighted by molar-refractivity contribution is 7.89. The molecule has 1 aliphatic heterocycles. The van der Waals surface area contributed by atoms with Gasteiger partial charge in [0.2, 0.25) is 10.0 Å². The van der Waals surface area contributed by atoms with Crippen molar-refractivity contribution < 1.29 is 13.2 Å². The summed E-state index contributed by atoms with van der Waals surface area (Å²) < 4.78 is 30.9. The molecule has 0 atom stereocenters. The number of nitrogens with zero attached hydrogens (tertiary/aromatic N) is 4. The van der Waals surface area contributed by atoms with Gasteiger partial charge in [0.25, 0.3) is 5.91 Å². The van der Waals surface area contributed by atoms with Crippen LogP contribution >= 0.6 is 0 Å². The highest BCUT2D eigenvalue weighted by Crippen LogP contribution is 2.23. The van der Waals surface area contributed by atoms with E-state index >= 15 is 0 Å². The fraction of sp³-hybridized carbons (Fsp3) is 0.364. The lowest BCUT2D eigenvalue weighted by molar-refractivity contribution is 0.101. The normalized spacial score (nSPS) is 15.2. The molecular formula is C22H27N5O3S. The van der Waals surface area contributed by atoms with Crippen LogP contribution in [0.3, 0.4) is 0 Å². The van der Waals surface area contributed by atoms with Crippen LogP contribution in [0.5, 0.6) is 0 Å². The van der Waals surface area contributed by atoms with Gasteiger partial charge in [0, 0.05) is 51.0 Å². The molecule has 1 N–H and O–H groups in total. The third-order valence-electron chi connectivity index (χ3n) is 5.65. The van der Waals surface area contributed by atoms with E-state index in [0.29, 0.717) is 31.0 Å². The van der Waals surface area contributed by atoms with Gasteiger partial charge in [0.15, 0.2) is 0 Å². The van der Waals surface area contributed by atoms with Gasteiger partial charge in [-0.1, -0.05) is 18.6 Å². The maximum absolute atomic E-state index is 12.9. The molecule has 2 aromatic heterocycles. The number of imidazole rings is 1. The summed E-state index contributed by atoms with van der Waals surface area (Å²) in [6.45, 7) is 3.72. The van der Waals surface area contributed by atoms with Crippen LogP contribution in [0, 0.1) is 6.92 Å². The highest BCUT2D eigenvalue weighted by Gasteiger charge is 2.28. The Morgan fingerprint density at radius 1 is 1.13 bits per heavy atom. The third kappa shape index (κ3) is 4.57. The number of aryl methyl sites for hydroxylation is 2. The van der Waals surface area contributed by atoms with Crippen molar-refractivity contribution in [3.8, 4) is 0 Å². The molecule has 1 amide bonds. The highest BCUT2D eigenvalue weighted by atomic mass is 32.2. The van der Waals surface area contributed by atoms with Crippen LogP contribution in [-0.2, 0) is 23.6 Å². The van der Waals surface area contributed by atoms with Gasteiger partial charge in [0.05, 0.1) is 0 Å². The molecule has 3 heterocycles. The third-order valence-corrected chi connectivity index (χ3v) is 7.52. The maximum atomic E-state index is 12.9. The first-order valence-electron chi connectivity index (χ1n) is 10.4. The Morgan fingerprint density at radius 3 is 2.48 bits per heavy atom. The number of rotatable bonds is 6. The van der Waals surface area contributed by atoms with Crippen molar-refractivity contribution in [3.63, 3.8) is 0 Å². The predicted octanol–water partition coefficient (Wildman–Crippen LogP) is 3.01. The second-order valence-corrected chi connectivity index (χ2v) is 9.83. The molecule has 0 saturated carbocycles. The van der Waals surface area contributed by atoms with Crippen LogP contribution in [0.1, 0.15) is 41.1 Å². The van der Waals surface area contributed by atoms with Crippen molar-refractivity contribution >= 4 is 21.6 Å². The summed E-state index contributed by atoms with van der Waals surface area (Å²) in [6, 6.07) is 9.04. The summed E-state index contributed by atoms with van der Waals surface area (Å²) in [7, 11) is -1.90. The van der Waals surface area contributed by atoms with Gasteiger partial charge in [-0.15, -0.1) is 0 Å². The van der Waals surface area contributed by atoms with Gasteiger partial charge in [-0.2, -0.15) is 4.31 Å². The number of carbonyl (C=O) groups excluding carboxylic acids is 1. The lowest BCUT2D eigenvalue weighted by Crippen LogP contribution is -2.35. The molecule has 4 rings (SSSR count). The minimum atomic E-state index is -3.58. The average molecular weight is 442 g/mol. The molecule has 31 heavy (non-hydrogen) atoms. The van der Waals surface area contributed by atoms with Crippen molar-refractivity contribution in [1.82, 2.24) is 18.4 Å². The van der Waals surface area contributed by atoms with E-state index in [2.05, 4.69) is 10.3 Å². The first-order chi connectivity index (χ1) is 14.8. The minimum absolute atomic E-state index is 0.160. The first-order valence-corrected chi connectivity index (χ1v) is 11.8. The van der Waals surface area contributed by atoms with Crippen molar-refractivity contribution in [2.75, 3.05) is 18.4 Å². The minimum Gasteiger partial charge on any atom is -0.345 e. The second kappa shape index (κ2) is 8.68. The van der Waals surface area contributed by atoms with Gasteiger partial charge in [0.1, 0.15) is 16.4 Å². The summed E-state index contributed by atoms with van der Waals surface area (Å²) in [5, 5.41) is 2.85. The summed E-state index contributed by atoms with van der Waals surface area (Å²) in [5.41, 5.74) is 2.04. The van der Waals surface area contributed by atoms with E-state index in [0.717, 1.165) is 30.7 Å². The molecule has 9 heteroatoms. The summed E-state index contributed by atoms with van der Waals surface area (Å²) in [6.07, 6.45) is 8.00. The van der Waals surface area contributed by atoms with E-state index in [-0.39, 0.29) is 10.8 Å². The lowest BCUT2D eigenvalue weighted by atomic mass is 10.2. The van der Waals surface area contributed by atoms with Gasteiger partial charge in [-0.25, -0.2) is 13.4 Å². The van der Waals surface area contributed by atoms with Crippen LogP contribution in [0.2, 0.25) is 0 Å². The molecule has 0 aliphatic carbocycles. The van der Waals surface area contributed by atoms with Crippen molar-refractivity contribution in [1.29, 1.82) is 0 Å². The van der Waals surface area contributed by atoms with E-state index < -0.39 is 10.0 Å². The fourth-order valence-corrected chi connectivity index (χ4v) is 5.40. The number of carbonyl (C=O) groups is 1. The Bertz CT molecular complexity index is 1170. The SMILES string of the molecule is Cc1nccn1Cc1ccc(NC(=O)c2cc(S(=O)(=O)N3CCCCC3)cn2C)cc1. The molecule has 3 aromatic rings. The van der Waals surface area contributed by atoms with Gasteiger partial charge >= 0.3 is 0 Å². The Morgan fingerprint density at radius 2 is 1.84 bits per heavy atom.